The molecule has 0 N–H and O–H groups in total. The lowest BCUT2D eigenvalue weighted by Crippen LogP contribution is -2.27. The molecule has 1 aromatic rings. The molecule has 5 heteroatoms. The van der Waals surface area contributed by atoms with E-state index in [1.807, 2.05) is 0 Å². The number of rotatable bonds is 1. The fraction of sp³-hybridized carbons (Fsp3) is 0.125. The standard InChI is InChI=1S/C8H6NO4/c10-9(11)8-5-12-6-3-1-2-4-7(6)13-8/h1-4H,5H2. The number of hydrogen-bond acceptors (Lipinski definition) is 4. The van der Waals surface area contributed by atoms with E-state index in [0.29, 0.717) is 11.5 Å². The van der Waals surface area contributed by atoms with Crippen LogP contribution in [0.2, 0.25) is 0 Å². The topological polar surface area (TPSA) is 61.6 Å². The molecule has 1 radical (unpaired) electrons. The summed E-state index contributed by atoms with van der Waals surface area (Å²) >= 11 is 0. The van der Waals surface area contributed by atoms with Crippen molar-refractivity contribution in [1.82, 2.24) is 0 Å². The molecule has 2 rings (SSSR count). The maximum atomic E-state index is 10.3. The summed E-state index contributed by atoms with van der Waals surface area (Å²) in [4.78, 5) is 9.74. The summed E-state index contributed by atoms with van der Waals surface area (Å²) in [5, 5.41) is 10.3. The van der Waals surface area contributed by atoms with Crippen LogP contribution in [0.5, 0.6) is 11.5 Å². The summed E-state index contributed by atoms with van der Waals surface area (Å²) in [7, 11) is 0. The van der Waals surface area contributed by atoms with E-state index < -0.39 is 4.92 Å². The van der Waals surface area contributed by atoms with Gasteiger partial charge in [0.2, 0.25) is 6.61 Å². The third kappa shape index (κ3) is 1.40. The normalized spacial score (nSPS) is 15.4. The second-order valence-corrected chi connectivity index (χ2v) is 2.49. The zero-order valence-corrected chi connectivity index (χ0v) is 6.60. The Hall–Kier alpha value is -1.78. The van der Waals surface area contributed by atoms with E-state index in [4.69, 9.17) is 9.47 Å². The van der Waals surface area contributed by atoms with Gasteiger partial charge in [0.1, 0.15) is 0 Å². The average molecular weight is 180 g/mol. The van der Waals surface area contributed by atoms with E-state index in [1.165, 1.54) is 0 Å². The van der Waals surface area contributed by atoms with Gasteiger partial charge in [-0.3, -0.25) is 10.1 Å². The zero-order valence-electron chi connectivity index (χ0n) is 6.60. The van der Waals surface area contributed by atoms with Gasteiger partial charge in [-0.15, -0.1) is 0 Å². The summed E-state index contributed by atoms with van der Waals surface area (Å²) < 4.78 is 10.1. The predicted molar refractivity (Wildman–Crippen MR) is 42.8 cm³/mol. The lowest BCUT2D eigenvalue weighted by molar-refractivity contribution is -0.505. The smallest absolute Gasteiger partial charge is 0.477 e. The Balaban J connectivity index is 2.24. The molecule has 0 saturated carbocycles. The fourth-order valence-corrected chi connectivity index (χ4v) is 1.04. The van der Waals surface area contributed by atoms with Gasteiger partial charge in [-0.05, 0) is 12.1 Å². The highest BCUT2D eigenvalue weighted by molar-refractivity contribution is 5.41. The molecule has 1 aromatic carbocycles. The van der Waals surface area contributed by atoms with Crippen molar-refractivity contribution in [2.45, 2.75) is 0 Å². The highest BCUT2D eigenvalue weighted by Gasteiger charge is 2.33. The molecule has 0 aliphatic carbocycles. The number of nitro groups is 1. The van der Waals surface area contributed by atoms with Crippen molar-refractivity contribution in [1.29, 1.82) is 0 Å². The highest BCUT2D eigenvalue weighted by Crippen LogP contribution is 2.32. The number of benzene rings is 1. The molecular formula is C8H6NO4. The maximum Gasteiger partial charge on any atom is 0.509 e. The highest BCUT2D eigenvalue weighted by atomic mass is 16.7. The first kappa shape index (κ1) is 7.85. The van der Waals surface area contributed by atoms with Gasteiger partial charge < -0.3 is 9.47 Å². The molecule has 13 heavy (non-hydrogen) atoms. The number of hydrogen-bond donors (Lipinski definition) is 0. The summed E-state index contributed by atoms with van der Waals surface area (Å²) in [6.07, 6.45) is -0.279. The summed E-state index contributed by atoms with van der Waals surface area (Å²) in [6, 6.07) is 6.83. The van der Waals surface area contributed by atoms with Crippen molar-refractivity contribution in [2.75, 3.05) is 6.61 Å². The maximum absolute atomic E-state index is 10.3. The molecule has 67 valence electrons. The average Bonchev–Trinajstić information content (AvgIpc) is 2.17. The van der Waals surface area contributed by atoms with Gasteiger partial charge in [0.15, 0.2) is 11.5 Å². The van der Waals surface area contributed by atoms with Crippen LogP contribution in [0.4, 0.5) is 0 Å². The van der Waals surface area contributed by atoms with Gasteiger partial charge in [0, 0.05) is 0 Å². The molecule has 0 fully saturated rings. The van der Waals surface area contributed by atoms with E-state index in [0.717, 1.165) is 0 Å². The third-order valence-electron chi connectivity index (χ3n) is 1.63. The Morgan fingerprint density at radius 1 is 1.31 bits per heavy atom. The van der Waals surface area contributed by atoms with E-state index in [-0.39, 0.29) is 12.8 Å². The Labute approximate surface area is 74.0 Å². The van der Waals surface area contributed by atoms with E-state index in [9.17, 15) is 10.1 Å². The number of nitrogens with zero attached hydrogens (tertiary/aromatic N) is 1. The molecule has 0 bridgehead atoms. The van der Waals surface area contributed by atoms with E-state index in [2.05, 4.69) is 0 Å². The molecular weight excluding hydrogens is 174 g/mol. The van der Waals surface area contributed by atoms with Crippen molar-refractivity contribution in [3.05, 3.63) is 40.6 Å². The van der Waals surface area contributed by atoms with Crippen molar-refractivity contribution in [3.63, 3.8) is 0 Å². The van der Waals surface area contributed by atoms with Crippen LogP contribution in [0.3, 0.4) is 0 Å². The lowest BCUT2D eigenvalue weighted by Gasteiger charge is -2.18. The molecule has 1 heterocycles. The monoisotopic (exact) mass is 180 g/mol. The van der Waals surface area contributed by atoms with Gasteiger partial charge in [0.25, 0.3) is 0 Å². The second kappa shape index (κ2) is 2.93. The van der Waals surface area contributed by atoms with Crippen molar-refractivity contribution >= 4 is 0 Å². The molecule has 0 unspecified atom stereocenters. The Bertz CT molecular complexity index is 339. The van der Waals surface area contributed by atoms with Crippen LogP contribution in [-0.2, 0) is 0 Å². The molecule has 0 spiro atoms. The Morgan fingerprint density at radius 3 is 2.69 bits per heavy atom. The number of para-hydroxylation sites is 2. The largest absolute Gasteiger partial charge is 0.509 e. The first-order chi connectivity index (χ1) is 6.27. The molecule has 1 aliphatic heterocycles. The SMILES string of the molecule is O=[N+]([O-])[C]1COc2ccccc2O1. The van der Waals surface area contributed by atoms with Crippen LogP contribution in [0.25, 0.3) is 0 Å². The minimum Gasteiger partial charge on any atom is -0.477 e. The quantitative estimate of drug-likeness (QED) is 0.481. The minimum absolute atomic E-state index is 0.121. The van der Waals surface area contributed by atoms with Crippen LogP contribution < -0.4 is 9.47 Å². The van der Waals surface area contributed by atoms with Crippen molar-refractivity contribution in [3.8, 4) is 11.5 Å². The Kier molecular flexibility index (Phi) is 1.77. The summed E-state index contributed by atoms with van der Waals surface area (Å²) in [5.41, 5.74) is 0. The molecule has 0 aromatic heterocycles. The molecule has 0 amide bonds. The van der Waals surface area contributed by atoms with Gasteiger partial charge in [0.05, 0.1) is 4.92 Å². The van der Waals surface area contributed by atoms with Crippen LogP contribution in [0.15, 0.2) is 24.3 Å². The van der Waals surface area contributed by atoms with Crippen molar-refractivity contribution < 1.29 is 14.4 Å². The first-order valence-electron chi connectivity index (χ1n) is 3.67. The molecule has 1 aliphatic rings. The fourth-order valence-electron chi connectivity index (χ4n) is 1.04. The zero-order chi connectivity index (χ0) is 9.26. The van der Waals surface area contributed by atoms with Gasteiger partial charge in [-0.25, -0.2) is 0 Å². The van der Waals surface area contributed by atoms with Crippen LogP contribution in [-0.4, -0.2) is 11.5 Å². The van der Waals surface area contributed by atoms with Crippen LogP contribution in [0, 0.1) is 16.3 Å². The minimum atomic E-state index is -0.587. The number of fused-ring (bicyclic) bond motifs is 1. The number of ether oxygens (including phenoxy) is 2. The summed E-state index contributed by atoms with van der Waals surface area (Å²) in [5.74, 6) is 0.925. The van der Waals surface area contributed by atoms with Crippen LogP contribution in [0.1, 0.15) is 0 Å². The van der Waals surface area contributed by atoms with E-state index in [1.54, 1.807) is 24.3 Å². The lowest BCUT2D eigenvalue weighted by atomic mass is 10.3. The second-order valence-electron chi connectivity index (χ2n) is 2.49. The van der Waals surface area contributed by atoms with Crippen molar-refractivity contribution in [2.24, 2.45) is 0 Å². The molecule has 5 nitrogen and oxygen atoms in total. The molecule has 0 saturated heterocycles. The predicted octanol–water partition coefficient (Wildman–Crippen LogP) is 1.22. The summed E-state index contributed by atoms with van der Waals surface area (Å²) in [6.45, 7) is -0.121. The van der Waals surface area contributed by atoms with Gasteiger partial charge in [-0.2, -0.15) is 0 Å². The van der Waals surface area contributed by atoms with Gasteiger partial charge in [-0.1, -0.05) is 12.1 Å². The molecule has 0 atom stereocenters. The van der Waals surface area contributed by atoms with E-state index >= 15 is 0 Å². The Morgan fingerprint density at radius 2 is 2.00 bits per heavy atom. The first-order valence-corrected chi connectivity index (χ1v) is 3.67. The van der Waals surface area contributed by atoms with Crippen LogP contribution >= 0.6 is 0 Å². The van der Waals surface area contributed by atoms with Gasteiger partial charge >= 0.3 is 6.23 Å². The third-order valence-corrected chi connectivity index (χ3v) is 1.63.